The van der Waals surface area contributed by atoms with E-state index in [0.29, 0.717) is 0 Å². The average molecular weight is 163 g/mol. The predicted octanol–water partition coefficient (Wildman–Crippen LogP) is -1.05. The number of rotatable bonds is 0. The summed E-state index contributed by atoms with van der Waals surface area (Å²) in [6.45, 7) is 1.08. The van der Waals surface area contributed by atoms with Gasteiger partial charge in [0.1, 0.15) is 0 Å². The van der Waals surface area contributed by atoms with E-state index in [-0.39, 0.29) is 79.7 Å². The molecule has 0 bridgehead atoms. The molecule has 5 heteroatoms. The molecule has 0 fully saturated rings. The topological polar surface area (TPSA) is 37.3 Å². The first-order chi connectivity index (χ1) is 1.73. The fraction of sp³-hybridized carbons (Fsp3) is 0.500. The van der Waals surface area contributed by atoms with Crippen LogP contribution in [0.25, 0.3) is 0 Å². The maximum atomic E-state index is 9.00. The quantitative estimate of drug-likeness (QED) is 0.462. The van der Waals surface area contributed by atoms with Gasteiger partial charge in [-0.2, -0.15) is 0 Å². The molecule has 1 N–H and O–H groups in total. The Morgan fingerprint density at radius 2 is 1.57 bits per heavy atom. The first kappa shape index (κ1) is 23.0. The van der Waals surface area contributed by atoms with Gasteiger partial charge in [-0.3, -0.25) is 4.79 Å². The van der Waals surface area contributed by atoms with Gasteiger partial charge in [-0.25, -0.2) is 0 Å². The standard InChI is InChI=1S/C2H4O2.Ca.ClH.Na.3H/c1-2(3)4;;;;;;/h1H3,(H,3,4);;1H;;;;. The normalized spacial score (nSPS) is 3.57. The fourth-order valence-electron chi connectivity index (χ4n) is 0. The molecule has 38 valence electrons. The molecule has 0 unspecified atom stereocenters. The summed E-state index contributed by atoms with van der Waals surface area (Å²) < 4.78 is 0. The summed E-state index contributed by atoms with van der Waals surface area (Å²) >= 11 is 0. The van der Waals surface area contributed by atoms with Crippen molar-refractivity contribution in [2.45, 2.75) is 6.92 Å². The van der Waals surface area contributed by atoms with Gasteiger partial charge in [-0.1, -0.05) is 0 Å². The number of aliphatic carboxylic acids is 1. The zero-order valence-corrected chi connectivity index (χ0v) is 3.58. The van der Waals surface area contributed by atoms with E-state index in [1.54, 1.807) is 0 Å². The van der Waals surface area contributed by atoms with Crippen LogP contribution in [0.15, 0.2) is 0 Å². The van der Waals surface area contributed by atoms with Crippen molar-refractivity contribution >= 4 is 85.7 Å². The van der Waals surface area contributed by atoms with Crippen LogP contribution in [0.3, 0.4) is 0 Å². The second kappa shape index (κ2) is 15.7. The molecular weight excluding hydrogens is 155 g/mol. The number of carboxylic acids is 1. The summed E-state index contributed by atoms with van der Waals surface area (Å²) in [6, 6.07) is 0. The minimum atomic E-state index is -0.833. The molecule has 0 aromatic carbocycles. The van der Waals surface area contributed by atoms with Crippen LogP contribution in [0.2, 0.25) is 0 Å². The van der Waals surface area contributed by atoms with Crippen molar-refractivity contribution in [3.05, 3.63) is 0 Å². The van der Waals surface area contributed by atoms with Gasteiger partial charge in [0.25, 0.3) is 5.97 Å². The first-order valence-corrected chi connectivity index (χ1v) is 0.928. The van der Waals surface area contributed by atoms with E-state index in [1.807, 2.05) is 0 Å². The van der Waals surface area contributed by atoms with E-state index >= 15 is 0 Å². The molecule has 0 atom stereocenters. The van der Waals surface area contributed by atoms with E-state index in [1.165, 1.54) is 0 Å². The Labute approximate surface area is 101 Å². The van der Waals surface area contributed by atoms with Crippen molar-refractivity contribution in [1.82, 2.24) is 0 Å². The molecule has 2 nitrogen and oxygen atoms in total. The minimum absolute atomic E-state index is 0. The molecule has 0 spiro atoms. The molecule has 7 heavy (non-hydrogen) atoms. The zero-order valence-electron chi connectivity index (χ0n) is 2.76. The molecule has 0 aromatic rings. The van der Waals surface area contributed by atoms with E-state index < -0.39 is 5.97 Å². The second-order valence-corrected chi connectivity index (χ2v) is 0.519. The van der Waals surface area contributed by atoms with Gasteiger partial charge in [0, 0.05) is 6.92 Å². The van der Waals surface area contributed by atoms with Crippen LogP contribution in [0.4, 0.5) is 0 Å². The van der Waals surface area contributed by atoms with Crippen LogP contribution >= 0.6 is 12.4 Å². The Bertz CT molecular complexity index is 38.7. The molecule has 0 saturated heterocycles. The molecule has 0 aliphatic carbocycles. The summed E-state index contributed by atoms with van der Waals surface area (Å²) in [7, 11) is 0. The van der Waals surface area contributed by atoms with E-state index in [9.17, 15) is 0 Å². The number of hydrogen-bond acceptors (Lipinski definition) is 1. The van der Waals surface area contributed by atoms with Crippen LogP contribution in [0, 0.1) is 0 Å². The van der Waals surface area contributed by atoms with Gasteiger partial charge in [-0.05, 0) is 0 Å². The summed E-state index contributed by atoms with van der Waals surface area (Å²) in [5, 5.41) is 7.42. The number of carbonyl (C=O) groups is 1. The van der Waals surface area contributed by atoms with Gasteiger partial charge in [0.2, 0.25) is 0 Å². The Morgan fingerprint density at radius 1 is 1.57 bits per heavy atom. The molecular formula is C2H8CaClNaO2. The van der Waals surface area contributed by atoms with Crippen molar-refractivity contribution in [3.8, 4) is 0 Å². The van der Waals surface area contributed by atoms with Crippen LogP contribution in [0.5, 0.6) is 0 Å². The average Bonchev–Trinajstić information content (AvgIpc) is 0.811. The van der Waals surface area contributed by atoms with Crippen molar-refractivity contribution < 1.29 is 9.90 Å². The first-order valence-electron chi connectivity index (χ1n) is 0.928. The van der Waals surface area contributed by atoms with Crippen LogP contribution in [-0.4, -0.2) is 78.4 Å². The van der Waals surface area contributed by atoms with Crippen LogP contribution in [0.1, 0.15) is 6.92 Å². The van der Waals surface area contributed by atoms with E-state index in [4.69, 9.17) is 9.90 Å². The summed E-state index contributed by atoms with van der Waals surface area (Å²) in [5.74, 6) is -0.833. The van der Waals surface area contributed by atoms with Gasteiger partial charge in [0.05, 0.1) is 0 Å². The summed E-state index contributed by atoms with van der Waals surface area (Å²) in [5.41, 5.74) is 0. The number of halogens is 1. The monoisotopic (exact) mass is 162 g/mol. The molecule has 0 heterocycles. The molecule has 0 aliphatic heterocycles. The van der Waals surface area contributed by atoms with E-state index in [2.05, 4.69) is 0 Å². The third-order valence-electron chi connectivity index (χ3n) is 0. The van der Waals surface area contributed by atoms with Crippen molar-refractivity contribution in [3.63, 3.8) is 0 Å². The SMILES string of the molecule is CC(=O)O.Cl.[CaH2].[NaH]. The van der Waals surface area contributed by atoms with E-state index in [0.717, 1.165) is 6.92 Å². The summed E-state index contributed by atoms with van der Waals surface area (Å²) in [6.07, 6.45) is 0. The summed E-state index contributed by atoms with van der Waals surface area (Å²) in [4.78, 5) is 9.00. The third-order valence-corrected chi connectivity index (χ3v) is 0. The predicted molar refractivity (Wildman–Crippen MR) is 36.3 cm³/mol. The maximum absolute atomic E-state index is 9.00. The van der Waals surface area contributed by atoms with Crippen LogP contribution < -0.4 is 0 Å². The molecule has 0 rings (SSSR count). The Kier molecular flexibility index (Phi) is 51.6. The Hall–Kier alpha value is 2.02. The second-order valence-electron chi connectivity index (χ2n) is 0.519. The molecule has 0 aromatic heterocycles. The zero-order chi connectivity index (χ0) is 3.58. The van der Waals surface area contributed by atoms with Crippen LogP contribution in [-0.2, 0) is 4.79 Å². The van der Waals surface area contributed by atoms with Gasteiger partial charge < -0.3 is 5.11 Å². The Balaban J connectivity index is -0.0000000150. The Morgan fingerprint density at radius 3 is 1.57 bits per heavy atom. The number of carboxylic acid groups (broad SMARTS) is 1. The third kappa shape index (κ3) is 71.2. The van der Waals surface area contributed by atoms with Gasteiger partial charge in [0.15, 0.2) is 0 Å². The molecule has 0 amide bonds. The fourth-order valence-corrected chi connectivity index (χ4v) is 0. The van der Waals surface area contributed by atoms with Gasteiger partial charge >= 0.3 is 67.3 Å². The molecule has 0 aliphatic rings. The van der Waals surface area contributed by atoms with Crippen molar-refractivity contribution in [2.24, 2.45) is 0 Å². The van der Waals surface area contributed by atoms with Crippen molar-refractivity contribution in [2.75, 3.05) is 0 Å². The number of hydrogen-bond donors (Lipinski definition) is 1. The molecule has 0 saturated carbocycles. The molecule has 0 radical (unpaired) electrons. The van der Waals surface area contributed by atoms with Gasteiger partial charge in [-0.15, -0.1) is 12.4 Å². The van der Waals surface area contributed by atoms with Crippen molar-refractivity contribution in [1.29, 1.82) is 0 Å².